The van der Waals surface area contributed by atoms with Crippen LogP contribution in [0.1, 0.15) is 19.4 Å². The standard InChI is InChI=1S/C11H10F3NO/c1-11(2,15-6-16)5-7-3-9(13)10(14)4-8(7)12/h3-4H,5H2,1-2H3. The fourth-order valence-corrected chi connectivity index (χ4v) is 1.33. The molecule has 0 bridgehead atoms. The van der Waals surface area contributed by atoms with Crippen molar-refractivity contribution >= 4 is 6.08 Å². The molecule has 16 heavy (non-hydrogen) atoms. The van der Waals surface area contributed by atoms with Gasteiger partial charge in [-0.15, -0.1) is 0 Å². The second kappa shape index (κ2) is 4.49. The minimum atomic E-state index is -1.24. The summed E-state index contributed by atoms with van der Waals surface area (Å²) in [6.45, 7) is 3.14. The van der Waals surface area contributed by atoms with Crippen LogP contribution in [0.5, 0.6) is 0 Å². The zero-order valence-corrected chi connectivity index (χ0v) is 8.85. The predicted molar refractivity (Wildman–Crippen MR) is 52.2 cm³/mol. The molecule has 1 rings (SSSR count). The molecule has 0 heterocycles. The molecule has 0 saturated carbocycles. The normalized spacial score (nSPS) is 11.1. The van der Waals surface area contributed by atoms with Gasteiger partial charge in [0.1, 0.15) is 5.82 Å². The van der Waals surface area contributed by atoms with E-state index in [1.165, 1.54) is 6.08 Å². The fraction of sp³-hybridized carbons (Fsp3) is 0.364. The molecule has 0 radical (unpaired) electrons. The van der Waals surface area contributed by atoms with E-state index in [2.05, 4.69) is 4.99 Å². The third kappa shape index (κ3) is 2.94. The predicted octanol–water partition coefficient (Wildman–Crippen LogP) is 2.76. The SMILES string of the molecule is CC(C)(Cc1cc(F)c(F)cc1F)N=C=O. The Morgan fingerprint density at radius 2 is 1.75 bits per heavy atom. The van der Waals surface area contributed by atoms with Crippen LogP contribution in [-0.4, -0.2) is 11.6 Å². The third-order valence-electron chi connectivity index (χ3n) is 2.06. The van der Waals surface area contributed by atoms with Crippen LogP contribution in [0.4, 0.5) is 13.2 Å². The molecule has 0 saturated heterocycles. The van der Waals surface area contributed by atoms with E-state index in [0.717, 1.165) is 6.07 Å². The Hall–Kier alpha value is -1.61. The lowest BCUT2D eigenvalue weighted by atomic mass is 9.95. The first-order chi connectivity index (χ1) is 7.35. The fourth-order valence-electron chi connectivity index (χ4n) is 1.33. The molecule has 5 heteroatoms. The minimum absolute atomic E-state index is 0.00866. The van der Waals surface area contributed by atoms with Crippen molar-refractivity contribution < 1.29 is 18.0 Å². The molecule has 86 valence electrons. The topological polar surface area (TPSA) is 29.4 Å². The van der Waals surface area contributed by atoms with E-state index in [0.29, 0.717) is 6.07 Å². The van der Waals surface area contributed by atoms with Gasteiger partial charge >= 0.3 is 0 Å². The third-order valence-corrected chi connectivity index (χ3v) is 2.06. The molecule has 0 amide bonds. The average molecular weight is 229 g/mol. The van der Waals surface area contributed by atoms with E-state index in [9.17, 15) is 18.0 Å². The smallest absolute Gasteiger partial charge is 0.211 e. The van der Waals surface area contributed by atoms with Gasteiger partial charge in [0.2, 0.25) is 6.08 Å². The number of halogens is 3. The molecule has 0 aromatic heterocycles. The summed E-state index contributed by atoms with van der Waals surface area (Å²) in [5.41, 5.74) is -0.921. The van der Waals surface area contributed by atoms with Crippen molar-refractivity contribution in [3.63, 3.8) is 0 Å². The molecule has 0 aliphatic rings. The summed E-state index contributed by atoms with van der Waals surface area (Å²) < 4.78 is 38.8. The van der Waals surface area contributed by atoms with E-state index in [4.69, 9.17) is 0 Å². The van der Waals surface area contributed by atoms with Crippen LogP contribution in [0, 0.1) is 17.5 Å². The van der Waals surface area contributed by atoms with E-state index < -0.39 is 23.0 Å². The molecular formula is C11H10F3NO. The molecule has 2 nitrogen and oxygen atoms in total. The number of hydrogen-bond donors (Lipinski definition) is 0. The lowest BCUT2D eigenvalue weighted by Crippen LogP contribution is -2.21. The van der Waals surface area contributed by atoms with Crippen molar-refractivity contribution in [2.24, 2.45) is 4.99 Å². The van der Waals surface area contributed by atoms with E-state index in [1.54, 1.807) is 13.8 Å². The Labute approximate surface area is 90.8 Å². The van der Waals surface area contributed by atoms with Gasteiger partial charge in [-0.2, -0.15) is 4.99 Å². The molecule has 0 N–H and O–H groups in total. The molecule has 0 fully saturated rings. The van der Waals surface area contributed by atoms with Crippen molar-refractivity contribution in [3.05, 3.63) is 35.1 Å². The van der Waals surface area contributed by atoms with Gasteiger partial charge in [-0.05, 0) is 25.5 Å². The monoisotopic (exact) mass is 229 g/mol. The summed E-state index contributed by atoms with van der Waals surface area (Å²) in [5, 5.41) is 0. The van der Waals surface area contributed by atoms with Gasteiger partial charge in [0, 0.05) is 12.5 Å². The van der Waals surface area contributed by atoms with Gasteiger partial charge in [0.15, 0.2) is 11.6 Å². The van der Waals surface area contributed by atoms with E-state index in [1.807, 2.05) is 0 Å². The van der Waals surface area contributed by atoms with Gasteiger partial charge in [-0.25, -0.2) is 18.0 Å². The van der Waals surface area contributed by atoms with Gasteiger partial charge in [-0.1, -0.05) is 0 Å². The molecule has 0 spiro atoms. The molecule has 0 aliphatic carbocycles. The number of nitrogens with zero attached hydrogens (tertiary/aromatic N) is 1. The number of rotatable bonds is 3. The first-order valence-corrected chi connectivity index (χ1v) is 4.58. The van der Waals surface area contributed by atoms with E-state index >= 15 is 0 Å². The van der Waals surface area contributed by atoms with Crippen LogP contribution in [-0.2, 0) is 11.2 Å². The zero-order valence-electron chi connectivity index (χ0n) is 8.85. The maximum atomic E-state index is 13.3. The maximum absolute atomic E-state index is 13.3. The summed E-state index contributed by atoms with van der Waals surface area (Å²) in [4.78, 5) is 13.6. The zero-order chi connectivity index (χ0) is 12.3. The number of carbonyl (C=O) groups excluding carboxylic acids is 1. The van der Waals surface area contributed by atoms with Crippen molar-refractivity contribution in [1.29, 1.82) is 0 Å². The lowest BCUT2D eigenvalue weighted by Gasteiger charge is -2.17. The summed E-state index contributed by atoms with van der Waals surface area (Å²) in [7, 11) is 0. The van der Waals surface area contributed by atoms with Gasteiger partial charge in [-0.3, -0.25) is 0 Å². The average Bonchev–Trinajstić information content (AvgIpc) is 2.13. The molecule has 0 unspecified atom stereocenters. The van der Waals surface area contributed by atoms with Crippen LogP contribution in [0.25, 0.3) is 0 Å². The Bertz CT molecular complexity index is 451. The van der Waals surface area contributed by atoms with Crippen LogP contribution in [0.2, 0.25) is 0 Å². The van der Waals surface area contributed by atoms with Crippen LogP contribution in [0.3, 0.4) is 0 Å². The first-order valence-electron chi connectivity index (χ1n) is 4.58. The molecule has 0 atom stereocenters. The quantitative estimate of drug-likeness (QED) is 0.445. The molecule has 1 aromatic rings. The summed E-state index contributed by atoms with van der Waals surface area (Å²) >= 11 is 0. The van der Waals surface area contributed by atoms with Crippen molar-refractivity contribution in [2.75, 3.05) is 0 Å². The number of hydrogen-bond acceptors (Lipinski definition) is 2. The highest BCUT2D eigenvalue weighted by molar-refractivity contribution is 5.35. The Morgan fingerprint density at radius 1 is 1.19 bits per heavy atom. The summed E-state index contributed by atoms with van der Waals surface area (Å²) in [6.07, 6.45) is 1.35. The lowest BCUT2D eigenvalue weighted by molar-refractivity contribution is 0.466. The number of isocyanates is 1. The second-order valence-corrected chi connectivity index (χ2v) is 4.05. The first kappa shape index (κ1) is 12.5. The van der Waals surface area contributed by atoms with Crippen LogP contribution >= 0.6 is 0 Å². The van der Waals surface area contributed by atoms with Gasteiger partial charge < -0.3 is 0 Å². The molecule has 1 aromatic carbocycles. The highest BCUT2D eigenvalue weighted by Crippen LogP contribution is 2.21. The number of aliphatic imine (C=N–C) groups is 1. The Morgan fingerprint density at radius 3 is 2.31 bits per heavy atom. The van der Waals surface area contributed by atoms with Crippen molar-refractivity contribution in [1.82, 2.24) is 0 Å². The molecule has 0 aliphatic heterocycles. The maximum Gasteiger partial charge on any atom is 0.235 e. The Kier molecular flexibility index (Phi) is 3.50. The highest BCUT2D eigenvalue weighted by Gasteiger charge is 2.20. The molecular weight excluding hydrogens is 219 g/mol. The highest BCUT2D eigenvalue weighted by atomic mass is 19.2. The van der Waals surface area contributed by atoms with Crippen molar-refractivity contribution in [3.8, 4) is 0 Å². The second-order valence-electron chi connectivity index (χ2n) is 4.05. The minimum Gasteiger partial charge on any atom is -0.211 e. The van der Waals surface area contributed by atoms with Crippen LogP contribution < -0.4 is 0 Å². The summed E-state index contributed by atoms with van der Waals surface area (Å²) in [5.74, 6) is -3.21. The largest absolute Gasteiger partial charge is 0.235 e. The van der Waals surface area contributed by atoms with Gasteiger partial charge in [0.25, 0.3) is 0 Å². The Balaban J connectivity index is 3.06. The van der Waals surface area contributed by atoms with Crippen LogP contribution in [0.15, 0.2) is 17.1 Å². The van der Waals surface area contributed by atoms with E-state index in [-0.39, 0.29) is 12.0 Å². The van der Waals surface area contributed by atoms with Crippen molar-refractivity contribution in [2.45, 2.75) is 25.8 Å². The van der Waals surface area contributed by atoms with Gasteiger partial charge in [0.05, 0.1) is 5.54 Å². The summed E-state index contributed by atoms with van der Waals surface area (Å²) in [6, 6.07) is 1.25. The number of benzene rings is 1.